The summed E-state index contributed by atoms with van der Waals surface area (Å²) >= 11 is 0. The molecule has 0 saturated heterocycles. The second kappa shape index (κ2) is 5.72. The first-order valence-electron chi connectivity index (χ1n) is 11.4. The molecule has 0 spiro atoms. The highest BCUT2D eigenvalue weighted by Crippen LogP contribution is 2.67. The van der Waals surface area contributed by atoms with Crippen LogP contribution in [-0.2, 0) is 18.9 Å². The summed E-state index contributed by atoms with van der Waals surface area (Å²) in [6.45, 7) is 4.21. The van der Waals surface area contributed by atoms with Gasteiger partial charge in [0.1, 0.15) is 12.1 Å². The van der Waals surface area contributed by atoms with Gasteiger partial charge in [0.15, 0.2) is 17.1 Å². The Labute approximate surface area is 180 Å². The standard InChI is InChI=1S/C23H27N7O/c1-13-19(14(2)31-28-13)23-7-15-4-16(8-23)6-22(5-15,11-23)9-18-26-21-17-10-25-29(3)20(17)24-12-30(21)27-18/h10,12,15-16H,4-9,11H2,1-3H3. The Hall–Kier alpha value is -2.77. The third kappa shape index (κ3) is 2.39. The van der Waals surface area contributed by atoms with Crippen molar-refractivity contribution in [1.29, 1.82) is 0 Å². The van der Waals surface area contributed by atoms with Crippen LogP contribution >= 0.6 is 0 Å². The molecule has 4 fully saturated rings. The highest BCUT2D eigenvalue weighted by Gasteiger charge is 2.59. The average Bonchev–Trinajstić information content (AvgIpc) is 3.37. The molecular weight excluding hydrogens is 390 g/mol. The number of aryl methyl sites for hydroxylation is 3. The van der Waals surface area contributed by atoms with Crippen molar-refractivity contribution in [2.24, 2.45) is 24.3 Å². The van der Waals surface area contributed by atoms with Crippen molar-refractivity contribution in [2.45, 2.75) is 64.2 Å². The number of hydrogen-bond donors (Lipinski definition) is 0. The summed E-state index contributed by atoms with van der Waals surface area (Å²) in [7, 11) is 1.91. The van der Waals surface area contributed by atoms with Gasteiger partial charge in [-0.15, -0.1) is 5.10 Å². The fourth-order valence-corrected chi connectivity index (χ4v) is 8.08. The van der Waals surface area contributed by atoms with E-state index in [0.29, 0.717) is 0 Å². The molecule has 4 heterocycles. The van der Waals surface area contributed by atoms with Crippen molar-refractivity contribution >= 4 is 16.7 Å². The van der Waals surface area contributed by atoms with Crippen LogP contribution in [0.25, 0.3) is 16.7 Å². The summed E-state index contributed by atoms with van der Waals surface area (Å²) in [5.74, 6) is 3.54. The van der Waals surface area contributed by atoms with Crippen molar-refractivity contribution in [3.8, 4) is 0 Å². The molecule has 0 N–H and O–H groups in total. The Balaban J connectivity index is 1.30. The highest BCUT2D eigenvalue weighted by atomic mass is 16.5. The summed E-state index contributed by atoms with van der Waals surface area (Å²) in [5, 5.41) is 14.5. The van der Waals surface area contributed by atoms with E-state index in [-0.39, 0.29) is 10.8 Å². The Kier molecular flexibility index (Phi) is 3.30. The lowest BCUT2D eigenvalue weighted by atomic mass is 9.42. The SMILES string of the molecule is Cc1noc(C)c1C12CC3CC(CC(Cc4nc5c6cnn(C)c6ncn5n4)(C3)C1)C2. The van der Waals surface area contributed by atoms with E-state index in [1.807, 2.05) is 17.8 Å². The third-order valence-electron chi connectivity index (χ3n) is 8.39. The smallest absolute Gasteiger partial charge is 0.170 e. The van der Waals surface area contributed by atoms with Crippen molar-refractivity contribution in [3.05, 3.63) is 35.4 Å². The molecular formula is C23H27N7O. The molecule has 31 heavy (non-hydrogen) atoms. The van der Waals surface area contributed by atoms with Gasteiger partial charge in [0.25, 0.3) is 0 Å². The van der Waals surface area contributed by atoms with Crippen LogP contribution in [-0.4, -0.2) is 34.5 Å². The van der Waals surface area contributed by atoms with E-state index in [4.69, 9.17) is 14.6 Å². The molecule has 4 aliphatic rings. The van der Waals surface area contributed by atoms with Crippen molar-refractivity contribution in [3.63, 3.8) is 0 Å². The Bertz CT molecular complexity index is 1310. The zero-order valence-electron chi connectivity index (χ0n) is 18.3. The van der Waals surface area contributed by atoms with Gasteiger partial charge in [-0.25, -0.2) is 14.5 Å². The van der Waals surface area contributed by atoms with Crippen LogP contribution in [0.1, 0.15) is 61.4 Å². The molecule has 4 aliphatic carbocycles. The molecule has 4 saturated carbocycles. The summed E-state index contributed by atoms with van der Waals surface area (Å²) in [5.41, 5.74) is 4.68. The topological polar surface area (TPSA) is 86.9 Å². The Morgan fingerprint density at radius 1 is 1.13 bits per heavy atom. The average molecular weight is 418 g/mol. The minimum absolute atomic E-state index is 0.218. The molecule has 8 rings (SSSR count). The number of nitrogens with zero attached hydrogens (tertiary/aromatic N) is 7. The molecule has 0 aromatic carbocycles. The van der Waals surface area contributed by atoms with Crippen LogP contribution in [0.3, 0.4) is 0 Å². The second-order valence-corrected chi connectivity index (χ2v) is 10.7. The molecule has 0 aliphatic heterocycles. The van der Waals surface area contributed by atoms with Crippen LogP contribution in [0.5, 0.6) is 0 Å². The van der Waals surface area contributed by atoms with Crippen molar-refractivity contribution < 1.29 is 4.52 Å². The molecule has 8 heteroatoms. The van der Waals surface area contributed by atoms with Crippen molar-refractivity contribution in [2.75, 3.05) is 0 Å². The lowest BCUT2D eigenvalue weighted by Crippen LogP contribution is -2.55. The Morgan fingerprint density at radius 3 is 2.68 bits per heavy atom. The lowest BCUT2D eigenvalue weighted by Gasteiger charge is -2.62. The van der Waals surface area contributed by atoms with E-state index in [1.165, 1.54) is 44.1 Å². The lowest BCUT2D eigenvalue weighted by molar-refractivity contribution is -0.0731. The summed E-state index contributed by atoms with van der Waals surface area (Å²) < 4.78 is 9.24. The van der Waals surface area contributed by atoms with Crippen LogP contribution in [0.2, 0.25) is 0 Å². The van der Waals surface area contributed by atoms with Gasteiger partial charge >= 0.3 is 0 Å². The first kappa shape index (κ1) is 17.9. The van der Waals surface area contributed by atoms with Gasteiger partial charge in [-0.05, 0) is 69.6 Å². The maximum absolute atomic E-state index is 5.63. The maximum Gasteiger partial charge on any atom is 0.170 e. The summed E-state index contributed by atoms with van der Waals surface area (Å²) in [4.78, 5) is 9.50. The summed E-state index contributed by atoms with van der Waals surface area (Å²) in [6, 6.07) is 0. The molecule has 4 bridgehead atoms. The molecule has 2 unspecified atom stereocenters. The van der Waals surface area contributed by atoms with E-state index < -0.39 is 0 Å². The number of aromatic nitrogens is 7. The van der Waals surface area contributed by atoms with E-state index >= 15 is 0 Å². The van der Waals surface area contributed by atoms with E-state index in [0.717, 1.165) is 52.2 Å². The largest absolute Gasteiger partial charge is 0.361 e. The van der Waals surface area contributed by atoms with Gasteiger partial charge in [0, 0.05) is 24.4 Å². The molecule has 0 amide bonds. The van der Waals surface area contributed by atoms with Crippen LogP contribution in [0, 0.1) is 31.1 Å². The number of fused-ring (bicyclic) bond motifs is 3. The van der Waals surface area contributed by atoms with Crippen LogP contribution in [0.15, 0.2) is 17.0 Å². The molecule has 4 aromatic rings. The van der Waals surface area contributed by atoms with Gasteiger partial charge < -0.3 is 4.52 Å². The van der Waals surface area contributed by atoms with Gasteiger partial charge in [-0.2, -0.15) is 5.10 Å². The third-order valence-corrected chi connectivity index (χ3v) is 8.39. The fraction of sp³-hybridized carbons (Fsp3) is 0.609. The molecule has 8 nitrogen and oxygen atoms in total. The predicted molar refractivity (Wildman–Crippen MR) is 114 cm³/mol. The maximum atomic E-state index is 5.63. The highest BCUT2D eigenvalue weighted by molar-refractivity contribution is 5.88. The quantitative estimate of drug-likeness (QED) is 0.505. The second-order valence-electron chi connectivity index (χ2n) is 10.7. The molecule has 4 aromatic heterocycles. The monoisotopic (exact) mass is 417 g/mol. The minimum atomic E-state index is 0.218. The number of rotatable bonds is 3. The van der Waals surface area contributed by atoms with E-state index in [2.05, 4.69) is 29.1 Å². The first-order chi connectivity index (χ1) is 14.9. The summed E-state index contributed by atoms with van der Waals surface area (Å²) in [6.07, 6.45) is 12.3. The van der Waals surface area contributed by atoms with E-state index in [1.54, 1.807) is 11.0 Å². The fourth-order valence-electron chi connectivity index (χ4n) is 8.08. The molecule has 0 radical (unpaired) electrons. The molecule has 160 valence electrons. The van der Waals surface area contributed by atoms with E-state index in [9.17, 15) is 0 Å². The predicted octanol–water partition coefficient (Wildman–Crippen LogP) is 3.70. The zero-order valence-corrected chi connectivity index (χ0v) is 18.3. The van der Waals surface area contributed by atoms with Crippen LogP contribution < -0.4 is 0 Å². The van der Waals surface area contributed by atoms with Gasteiger partial charge in [-0.1, -0.05) is 5.16 Å². The van der Waals surface area contributed by atoms with Gasteiger partial charge in [0.2, 0.25) is 0 Å². The minimum Gasteiger partial charge on any atom is -0.361 e. The van der Waals surface area contributed by atoms with Crippen molar-refractivity contribution in [1.82, 2.24) is 34.5 Å². The molecule has 2 atom stereocenters. The Morgan fingerprint density at radius 2 is 1.94 bits per heavy atom. The van der Waals surface area contributed by atoms with Gasteiger partial charge in [0.05, 0.1) is 17.3 Å². The zero-order chi connectivity index (χ0) is 21.0. The van der Waals surface area contributed by atoms with Crippen LogP contribution in [0.4, 0.5) is 0 Å². The van der Waals surface area contributed by atoms with Gasteiger partial charge in [-0.3, -0.25) is 4.68 Å². The normalized spacial score (nSPS) is 32.0. The number of hydrogen-bond acceptors (Lipinski definition) is 6. The first-order valence-corrected chi connectivity index (χ1v) is 11.4.